The van der Waals surface area contributed by atoms with E-state index in [2.05, 4.69) is 5.32 Å². The number of hydrogen-bond acceptors (Lipinski definition) is 4. The van der Waals surface area contributed by atoms with Gasteiger partial charge in [0.05, 0.1) is 18.6 Å². The van der Waals surface area contributed by atoms with E-state index in [1.807, 2.05) is 4.90 Å². The first-order valence-corrected chi connectivity index (χ1v) is 8.09. The Bertz CT molecular complexity index is 609. The van der Waals surface area contributed by atoms with Crippen LogP contribution in [0.1, 0.15) is 26.7 Å². The van der Waals surface area contributed by atoms with E-state index in [9.17, 15) is 18.4 Å². The Morgan fingerprint density at radius 1 is 1.38 bits per heavy atom. The highest BCUT2D eigenvalue weighted by Crippen LogP contribution is 2.21. The molecule has 0 radical (unpaired) electrons. The zero-order chi connectivity index (χ0) is 17.7. The molecule has 1 fully saturated rings. The van der Waals surface area contributed by atoms with E-state index >= 15 is 0 Å². The Morgan fingerprint density at radius 3 is 2.79 bits per heavy atom. The summed E-state index contributed by atoms with van der Waals surface area (Å²) >= 11 is 0. The lowest BCUT2D eigenvalue weighted by Crippen LogP contribution is -2.48. The summed E-state index contributed by atoms with van der Waals surface area (Å²) < 4.78 is 31.2. The van der Waals surface area contributed by atoms with Crippen LogP contribution < -0.4 is 5.32 Å². The van der Waals surface area contributed by atoms with Gasteiger partial charge < -0.3 is 10.1 Å². The number of halogens is 2. The molecule has 2 atom stereocenters. The molecule has 1 aromatic rings. The third kappa shape index (κ3) is 4.50. The lowest BCUT2D eigenvalue weighted by Gasteiger charge is -2.35. The minimum absolute atomic E-state index is 0.199. The zero-order valence-corrected chi connectivity index (χ0v) is 13.9. The van der Waals surface area contributed by atoms with Crippen molar-refractivity contribution in [2.45, 2.75) is 32.7 Å². The fourth-order valence-corrected chi connectivity index (χ4v) is 2.80. The third-order valence-electron chi connectivity index (χ3n) is 4.19. The van der Waals surface area contributed by atoms with Crippen molar-refractivity contribution in [2.24, 2.45) is 5.92 Å². The lowest BCUT2D eigenvalue weighted by atomic mass is 9.97. The Balaban J connectivity index is 1.96. The van der Waals surface area contributed by atoms with Crippen molar-refractivity contribution in [3.63, 3.8) is 0 Å². The van der Waals surface area contributed by atoms with Crippen LogP contribution in [0, 0.1) is 17.6 Å². The molecule has 1 aliphatic heterocycles. The van der Waals surface area contributed by atoms with Gasteiger partial charge in [-0.3, -0.25) is 14.5 Å². The van der Waals surface area contributed by atoms with Crippen LogP contribution in [0.3, 0.4) is 0 Å². The fraction of sp³-hybridized carbons (Fsp3) is 0.529. The number of nitrogens with zero attached hydrogens (tertiary/aromatic N) is 1. The highest BCUT2D eigenvalue weighted by Gasteiger charge is 2.31. The van der Waals surface area contributed by atoms with Crippen LogP contribution in [0.15, 0.2) is 18.2 Å². The standard InChI is InChI=1S/C17H22F2N2O3/c1-3-24-17(23)12-5-4-8-21(10-12)11(2)16(22)20-13-6-7-14(18)15(19)9-13/h6-7,9,11-12H,3-5,8,10H2,1-2H3,(H,20,22)/t11-,12-/m0/s1. The van der Waals surface area contributed by atoms with E-state index in [-0.39, 0.29) is 23.5 Å². The molecule has 0 aliphatic carbocycles. The van der Waals surface area contributed by atoms with Gasteiger partial charge in [0, 0.05) is 18.3 Å². The molecular weight excluding hydrogens is 318 g/mol. The van der Waals surface area contributed by atoms with E-state index in [0.29, 0.717) is 19.7 Å². The topological polar surface area (TPSA) is 58.6 Å². The first-order chi connectivity index (χ1) is 11.4. The maximum atomic E-state index is 13.2. The van der Waals surface area contributed by atoms with E-state index < -0.39 is 17.7 Å². The number of esters is 1. The number of hydrogen-bond donors (Lipinski definition) is 1. The molecule has 24 heavy (non-hydrogen) atoms. The van der Waals surface area contributed by atoms with Gasteiger partial charge in [-0.25, -0.2) is 8.78 Å². The highest BCUT2D eigenvalue weighted by atomic mass is 19.2. The number of piperidine rings is 1. The summed E-state index contributed by atoms with van der Waals surface area (Å²) in [5.74, 6) is -2.78. The van der Waals surface area contributed by atoms with Crippen molar-refractivity contribution < 1.29 is 23.1 Å². The van der Waals surface area contributed by atoms with Crippen LogP contribution in [-0.2, 0) is 14.3 Å². The van der Waals surface area contributed by atoms with Crippen LogP contribution in [-0.4, -0.2) is 42.5 Å². The number of rotatable bonds is 5. The van der Waals surface area contributed by atoms with E-state index in [4.69, 9.17) is 4.74 Å². The van der Waals surface area contributed by atoms with Gasteiger partial charge in [0.1, 0.15) is 0 Å². The lowest BCUT2D eigenvalue weighted by molar-refractivity contribution is -0.150. The van der Waals surface area contributed by atoms with Gasteiger partial charge in [0.25, 0.3) is 0 Å². The summed E-state index contributed by atoms with van der Waals surface area (Å²) in [5.41, 5.74) is 0.199. The molecular formula is C17H22F2N2O3. The molecule has 1 aliphatic rings. The molecule has 1 amide bonds. The summed E-state index contributed by atoms with van der Waals surface area (Å²) in [5, 5.41) is 2.57. The van der Waals surface area contributed by atoms with Gasteiger partial charge in [-0.2, -0.15) is 0 Å². The molecule has 1 heterocycles. The first kappa shape index (κ1) is 18.3. The second kappa shape index (κ2) is 8.19. The van der Waals surface area contributed by atoms with Gasteiger partial charge in [-0.05, 0) is 45.4 Å². The SMILES string of the molecule is CCOC(=O)[C@H]1CCCN([C@@H](C)C(=O)Nc2ccc(F)c(F)c2)C1. The second-order valence-corrected chi connectivity index (χ2v) is 5.88. The first-order valence-electron chi connectivity index (χ1n) is 8.09. The van der Waals surface area contributed by atoms with E-state index in [1.54, 1.807) is 13.8 Å². The summed E-state index contributed by atoms with van der Waals surface area (Å²) in [6, 6.07) is 2.72. The molecule has 0 spiro atoms. The number of carbonyl (C=O) groups is 2. The summed E-state index contributed by atoms with van der Waals surface area (Å²) in [6.45, 7) is 4.97. The number of ether oxygens (including phenoxy) is 1. The van der Waals surface area contributed by atoms with E-state index in [1.165, 1.54) is 6.07 Å². The largest absolute Gasteiger partial charge is 0.466 e. The average Bonchev–Trinajstić information content (AvgIpc) is 2.57. The fourth-order valence-electron chi connectivity index (χ4n) is 2.80. The number of nitrogens with one attached hydrogen (secondary N) is 1. The molecule has 0 unspecified atom stereocenters. The van der Waals surface area contributed by atoms with Crippen LogP contribution in [0.25, 0.3) is 0 Å². The van der Waals surface area contributed by atoms with Crippen molar-refractivity contribution in [3.05, 3.63) is 29.8 Å². The molecule has 1 saturated heterocycles. The predicted molar refractivity (Wildman–Crippen MR) is 85.4 cm³/mol. The number of anilines is 1. The summed E-state index contributed by atoms with van der Waals surface area (Å²) in [7, 11) is 0. The van der Waals surface area contributed by atoms with Crippen molar-refractivity contribution >= 4 is 17.6 Å². The number of likely N-dealkylation sites (tertiary alicyclic amines) is 1. The quantitative estimate of drug-likeness (QED) is 0.837. The van der Waals surface area contributed by atoms with Crippen LogP contribution >= 0.6 is 0 Å². The molecule has 0 bridgehead atoms. The number of benzene rings is 1. The molecule has 0 saturated carbocycles. The van der Waals surface area contributed by atoms with Crippen LogP contribution in [0.4, 0.5) is 14.5 Å². The van der Waals surface area contributed by atoms with Crippen LogP contribution in [0.5, 0.6) is 0 Å². The highest BCUT2D eigenvalue weighted by molar-refractivity contribution is 5.94. The molecule has 1 N–H and O–H groups in total. The predicted octanol–water partition coefficient (Wildman–Crippen LogP) is 2.57. The Morgan fingerprint density at radius 2 is 2.12 bits per heavy atom. The van der Waals surface area contributed by atoms with E-state index in [0.717, 1.165) is 25.0 Å². The van der Waals surface area contributed by atoms with Gasteiger partial charge >= 0.3 is 5.97 Å². The molecule has 0 aromatic heterocycles. The summed E-state index contributed by atoms with van der Waals surface area (Å²) in [4.78, 5) is 26.1. The molecule has 1 aromatic carbocycles. The van der Waals surface area contributed by atoms with Crippen molar-refractivity contribution in [1.29, 1.82) is 0 Å². The number of amides is 1. The van der Waals surface area contributed by atoms with Crippen LogP contribution in [0.2, 0.25) is 0 Å². The van der Waals surface area contributed by atoms with Gasteiger partial charge in [-0.15, -0.1) is 0 Å². The second-order valence-electron chi connectivity index (χ2n) is 5.88. The van der Waals surface area contributed by atoms with Gasteiger partial charge in [0.15, 0.2) is 11.6 Å². The summed E-state index contributed by atoms with van der Waals surface area (Å²) in [6.07, 6.45) is 1.54. The molecule has 7 heteroatoms. The van der Waals surface area contributed by atoms with Gasteiger partial charge in [0.2, 0.25) is 5.91 Å². The maximum Gasteiger partial charge on any atom is 0.310 e. The maximum absolute atomic E-state index is 13.2. The Kier molecular flexibility index (Phi) is 6.25. The smallest absolute Gasteiger partial charge is 0.310 e. The van der Waals surface area contributed by atoms with Gasteiger partial charge in [-0.1, -0.05) is 0 Å². The van der Waals surface area contributed by atoms with Crippen molar-refractivity contribution in [2.75, 3.05) is 25.0 Å². The van der Waals surface area contributed by atoms with Crippen molar-refractivity contribution in [1.82, 2.24) is 4.90 Å². The normalized spacial score (nSPS) is 19.6. The third-order valence-corrected chi connectivity index (χ3v) is 4.19. The molecule has 132 valence electrons. The Hall–Kier alpha value is -2.02. The minimum Gasteiger partial charge on any atom is -0.466 e. The number of carbonyl (C=O) groups excluding carboxylic acids is 2. The van der Waals surface area contributed by atoms with Crippen molar-refractivity contribution in [3.8, 4) is 0 Å². The molecule has 2 rings (SSSR count). The zero-order valence-electron chi connectivity index (χ0n) is 13.9. The minimum atomic E-state index is -1.01. The Labute approximate surface area is 140 Å². The molecule has 5 nitrogen and oxygen atoms in total. The monoisotopic (exact) mass is 340 g/mol. The average molecular weight is 340 g/mol.